The number of hydrogen-bond acceptors (Lipinski definition) is 3. The van der Waals surface area contributed by atoms with E-state index in [0.29, 0.717) is 17.9 Å². The van der Waals surface area contributed by atoms with E-state index < -0.39 is 0 Å². The van der Waals surface area contributed by atoms with Gasteiger partial charge in [0.1, 0.15) is 5.78 Å². The molecule has 0 aromatic carbocycles. The highest BCUT2D eigenvalue weighted by atomic mass is 16.1. The molecule has 2 saturated carbocycles. The van der Waals surface area contributed by atoms with Crippen LogP contribution < -0.4 is 0 Å². The summed E-state index contributed by atoms with van der Waals surface area (Å²) in [5.41, 5.74) is 1.16. The van der Waals surface area contributed by atoms with Crippen molar-refractivity contribution in [3.8, 4) is 0 Å². The van der Waals surface area contributed by atoms with Crippen molar-refractivity contribution >= 4 is 5.78 Å². The van der Waals surface area contributed by atoms with Gasteiger partial charge in [-0.05, 0) is 38.8 Å². The Morgan fingerprint density at radius 3 is 2.65 bits per heavy atom. The summed E-state index contributed by atoms with van der Waals surface area (Å²) in [5.74, 6) is 0.431. The van der Waals surface area contributed by atoms with Crippen LogP contribution in [0.15, 0.2) is 12.3 Å². The molecule has 4 heteroatoms. The maximum Gasteiger partial charge on any atom is 0.133 e. The molecule has 0 bridgehead atoms. The summed E-state index contributed by atoms with van der Waals surface area (Å²) >= 11 is 0. The first-order valence-corrected chi connectivity index (χ1v) is 7.98. The van der Waals surface area contributed by atoms with Gasteiger partial charge in [-0.3, -0.25) is 14.4 Å². The fraction of sp³-hybridized carbons (Fsp3) is 0.750. The van der Waals surface area contributed by atoms with Crippen molar-refractivity contribution in [3.05, 3.63) is 18.0 Å². The number of carbonyl (C=O) groups excluding carboxylic acids is 1. The summed E-state index contributed by atoms with van der Waals surface area (Å²) in [6, 6.07) is 3.33. The highest BCUT2D eigenvalue weighted by molar-refractivity contribution is 5.79. The van der Waals surface area contributed by atoms with Crippen LogP contribution in [0.25, 0.3) is 0 Å². The molecule has 0 atom stereocenters. The predicted molar refractivity (Wildman–Crippen MR) is 78.5 cm³/mol. The van der Waals surface area contributed by atoms with Gasteiger partial charge in [0.25, 0.3) is 0 Å². The zero-order chi connectivity index (χ0) is 13.9. The van der Waals surface area contributed by atoms with Crippen LogP contribution in [0.3, 0.4) is 0 Å². The Morgan fingerprint density at radius 2 is 1.95 bits per heavy atom. The highest BCUT2D eigenvalue weighted by Crippen LogP contribution is 2.29. The Kier molecular flexibility index (Phi) is 4.20. The smallest absolute Gasteiger partial charge is 0.133 e. The number of nitrogens with zero attached hydrogens (tertiary/aromatic N) is 3. The number of Topliss-reactive ketones (excluding diaryl/α,β-unsaturated/α-hetero) is 1. The molecular weight excluding hydrogens is 250 g/mol. The van der Waals surface area contributed by atoms with E-state index in [1.165, 1.54) is 25.7 Å². The second kappa shape index (κ2) is 6.08. The summed E-state index contributed by atoms with van der Waals surface area (Å²) < 4.78 is 2.17. The third-order valence-corrected chi connectivity index (χ3v) is 4.91. The Bertz CT molecular complexity index is 452. The van der Waals surface area contributed by atoms with E-state index in [2.05, 4.69) is 28.9 Å². The largest absolute Gasteiger partial charge is 0.300 e. The van der Waals surface area contributed by atoms with Crippen molar-refractivity contribution in [3.63, 3.8) is 0 Å². The van der Waals surface area contributed by atoms with E-state index in [-0.39, 0.29) is 0 Å². The number of ketones is 1. The minimum atomic E-state index is 0.431. The normalized spacial score (nSPS) is 22.0. The summed E-state index contributed by atoms with van der Waals surface area (Å²) in [4.78, 5) is 13.7. The first-order valence-electron chi connectivity index (χ1n) is 7.98. The Morgan fingerprint density at radius 1 is 1.25 bits per heavy atom. The van der Waals surface area contributed by atoms with Gasteiger partial charge in [0, 0.05) is 31.6 Å². The zero-order valence-electron chi connectivity index (χ0n) is 12.4. The molecule has 1 aromatic rings. The SMILES string of the molecule is CN(Cc1ccn(C2CCCC2)n1)C1CCC(=O)CC1. The van der Waals surface area contributed by atoms with Crippen LogP contribution in [0.2, 0.25) is 0 Å². The van der Waals surface area contributed by atoms with Crippen LogP contribution in [-0.4, -0.2) is 33.6 Å². The Labute approximate surface area is 121 Å². The van der Waals surface area contributed by atoms with Crippen molar-refractivity contribution < 1.29 is 4.79 Å². The first-order chi connectivity index (χ1) is 9.72. The lowest BCUT2D eigenvalue weighted by Crippen LogP contribution is -2.34. The lowest BCUT2D eigenvalue weighted by atomic mass is 9.93. The van der Waals surface area contributed by atoms with Crippen molar-refractivity contribution in [2.24, 2.45) is 0 Å². The number of rotatable bonds is 4. The van der Waals surface area contributed by atoms with E-state index >= 15 is 0 Å². The molecule has 2 aliphatic rings. The molecule has 0 saturated heterocycles. The lowest BCUT2D eigenvalue weighted by Gasteiger charge is -2.30. The molecule has 0 aliphatic heterocycles. The second-order valence-corrected chi connectivity index (χ2v) is 6.41. The average Bonchev–Trinajstić information content (AvgIpc) is 3.09. The summed E-state index contributed by atoms with van der Waals surface area (Å²) in [5, 5.41) is 4.75. The van der Waals surface area contributed by atoms with Crippen LogP contribution in [0.5, 0.6) is 0 Å². The molecule has 0 unspecified atom stereocenters. The van der Waals surface area contributed by atoms with Gasteiger partial charge < -0.3 is 0 Å². The van der Waals surface area contributed by atoms with Gasteiger partial charge in [-0.25, -0.2) is 0 Å². The van der Waals surface area contributed by atoms with Crippen LogP contribution in [-0.2, 0) is 11.3 Å². The predicted octanol–water partition coefficient (Wildman–Crippen LogP) is 2.94. The number of aromatic nitrogens is 2. The van der Waals surface area contributed by atoms with E-state index in [0.717, 1.165) is 37.9 Å². The van der Waals surface area contributed by atoms with E-state index in [1.807, 2.05) is 0 Å². The van der Waals surface area contributed by atoms with Gasteiger partial charge >= 0.3 is 0 Å². The quantitative estimate of drug-likeness (QED) is 0.848. The maximum atomic E-state index is 11.3. The van der Waals surface area contributed by atoms with Gasteiger partial charge in [-0.2, -0.15) is 5.10 Å². The molecule has 0 radical (unpaired) electrons. The molecule has 1 heterocycles. The fourth-order valence-electron chi connectivity index (χ4n) is 3.58. The minimum Gasteiger partial charge on any atom is -0.300 e. The number of hydrogen-bond donors (Lipinski definition) is 0. The average molecular weight is 275 g/mol. The maximum absolute atomic E-state index is 11.3. The van der Waals surface area contributed by atoms with Crippen LogP contribution >= 0.6 is 0 Å². The van der Waals surface area contributed by atoms with Crippen LogP contribution in [0.1, 0.15) is 63.1 Å². The van der Waals surface area contributed by atoms with Gasteiger partial charge in [-0.15, -0.1) is 0 Å². The van der Waals surface area contributed by atoms with Crippen molar-refractivity contribution in [1.82, 2.24) is 14.7 Å². The number of carbonyl (C=O) groups is 1. The molecule has 20 heavy (non-hydrogen) atoms. The molecule has 2 fully saturated rings. The van der Waals surface area contributed by atoms with Gasteiger partial charge in [-0.1, -0.05) is 12.8 Å². The molecule has 110 valence electrons. The standard InChI is InChI=1S/C16H25N3O/c1-18(14-6-8-16(20)9-7-14)12-13-10-11-19(17-13)15-4-2-3-5-15/h10-11,14-15H,2-9,12H2,1H3. The van der Waals surface area contributed by atoms with Crippen LogP contribution in [0, 0.1) is 0 Å². The monoisotopic (exact) mass is 275 g/mol. The fourth-order valence-corrected chi connectivity index (χ4v) is 3.58. The van der Waals surface area contributed by atoms with Crippen molar-refractivity contribution in [2.75, 3.05) is 7.05 Å². The van der Waals surface area contributed by atoms with Gasteiger partial charge in [0.2, 0.25) is 0 Å². The Balaban J connectivity index is 1.55. The molecular formula is C16H25N3O. The van der Waals surface area contributed by atoms with E-state index in [4.69, 9.17) is 5.10 Å². The van der Waals surface area contributed by atoms with Crippen LogP contribution in [0.4, 0.5) is 0 Å². The van der Waals surface area contributed by atoms with Gasteiger partial charge in [0.15, 0.2) is 0 Å². The third-order valence-electron chi connectivity index (χ3n) is 4.91. The molecule has 0 spiro atoms. The molecule has 0 amide bonds. The zero-order valence-corrected chi connectivity index (χ0v) is 12.4. The van der Waals surface area contributed by atoms with E-state index in [1.54, 1.807) is 0 Å². The highest BCUT2D eigenvalue weighted by Gasteiger charge is 2.23. The Hall–Kier alpha value is -1.16. The molecule has 0 N–H and O–H groups in total. The molecule has 2 aliphatic carbocycles. The third kappa shape index (κ3) is 3.11. The summed E-state index contributed by atoms with van der Waals surface area (Å²) in [6.07, 6.45) is 10.9. The molecule has 1 aromatic heterocycles. The van der Waals surface area contributed by atoms with E-state index in [9.17, 15) is 4.79 Å². The topological polar surface area (TPSA) is 38.1 Å². The first kappa shape index (κ1) is 13.8. The minimum absolute atomic E-state index is 0.431. The summed E-state index contributed by atoms with van der Waals surface area (Å²) in [6.45, 7) is 0.901. The molecule has 3 rings (SSSR count). The van der Waals surface area contributed by atoms with Crippen molar-refractivity contribution in [1.29, 1.82) is 0 Å². The van der Waals surface area contributed by atoms with Crippen molar-refractivity contribution in [2.45, 2.75) is 70.0 Å². The second-order valence-electron chi connectivity index (χ2n) is 6.41. The summed E-state index contributed by atoms with van der Waals surface area (Å²) in [7, 11) is 2.16. The lowest BCUT2D eigenvalue weighted by molar-refractivity contribution is -0.121. The molecule has 4 nitrogen and oxygen atoms in total. The van der Waals surface area contributed by atoms with Gasteiger partial charge in [0.05, 0.1) is 11.7 Å².